The number of anilines is 1. The lowest BCUT2D eigenvalue weighted by Crippen LogP contribution is -2.30. The van der Waals surface area contributed by atoms with Crippen LogP contribution in [-0.2, 0) is 11.3 Å². The van der Waals surface area contributed by atoms with Gasteiger partial charge >= 0.3 is 5.97 Å². The summed E-state index contributed by atoms with van der Waals surface area (Å²) in [5, 5.41) is 9.82. The molecule has 0 aliphatic carbocycles. The van der Waals surface area contributed by atoms with Crippen LogP contribution in [0.1, 0.15) is 24.8 Å². The van der Waals surface area contributed by atoms with Gasteiger partial charge in [-0.3, -0.25) is 14.2 Å². The molecule has 4 rings (SSSR count). The van der Waals surface area contributed by atoms with Crippen molar-refractivity contribution in [2.45, 2.75) is 32.7 Å². The lowest BCUT2D eigenvalue weighted by Gasteiger charge is -2.28. The van der Waals surface area contributed by atoms with E-state index < -0.39 is 5.97 Å². The minimum absolute atomic E-state index is 0.325. The molecule has 0 aromatic carbocycles. The Hall–Kier alpha value is -2.48. The van der Waals surface area contributed by atoms with Gasteiger partial charge < -0.3 is 10.0 Å². The van der Waals surface area contributed by atoms with Gasteiger partial charge in [-0.15, -0.1) is 11.3 Å². The highest BCUT2D eigenvalue weighted by Crippen LogP contribution is 2.34. The quantitative estimate of drug-likeness (QED) is 0.773. The van der Waals surface area contributed by atoms with Crippen LogP contribution in [0, 0.1) is 6.92 Å². The maximum Gasteiger partial charge on any atom is 0.323 e. The molecule has 0 spiro atoms. The predicted octanol–water partition coefficient (Wildman–Crippen LogP) is 2.39. The third-order valence-corrected chi connectivity index (χ3v) is 5.65. The smallest absolute Gasteiger partial charge is 0.323 e. The van der Waals surface area contributed by atoms with Gasteiger partial charge in [-0.05, 0) is 37.8 Å². The average molecular weight is 358 g/mol. The number of rotatable bonds is 3. The molecule has 25 heavy (non-hydrogen) atoms. The van der Waals surface area contributed by atoms with Gasteiger partial charge in [-0.1, -0.05) is 0 Å². The summed E-state index contributed by atoms with van der Waals surface area (Å²) in [6, 6.07) is 2.06. The lowest BCUT2D eigenvalue weighted by molar-refractivity contribution is -0.137. The highest BCUT2D eigenvalue weighted by Gasteiger charge is 2.19. The normalized spacial score (nSPS) is 15.2. The van der Waals surface area contributed by atoms with Gasteiger partial charge in [0.15, 0.2) is 0 Å². The Morgan fingerprint density at radius 2 is 2.08 bits per heavy atom. The van der Waals surface area contributed by atoms with Crippen LogP contribution < -0.4 is 10.5 Å². The van der Waals surface area contributed by atoms with Crippen LogP contribution in [0.25, 0.3) is 20.4 Å². The zero-order valence-electron chi connectivity index (χ0n) is 13.9. The Morgan fingerprint density at radius 1 is 1.32 bits per heavy atom. The first-order valence-corrected chi connectivity index (χ1v) is 9.12. The van der Waals surface area contributed by atoms with Gasteiger partial charge in [0.1, 0.15) is 21.9 Å². The minimum Gasteiger partial charge on any atom is -0.480 e. The number of aromatic nitrogens is 3. The summed E-state index contributed by atoms with van der Waals surface area (Å²) in [6.07, 6.45) is 4.91. The number of carboxylic acid groups (broad SMARTS) is 1. The van der Waals surface area contributed by atoms with Gasteiger partial charge in [0.05, 0.1) is 11.8 Å². The third kappa shape index (κ3) is 2.76. The molecule has 8 heteroatoms. The molecule has 0 unspecified atom stereocenters. The number of pyridine rings is 1. The van der Waals surface area contributed by atoms with Gasteiger partial charge in [0, 0.05) is 18.5 Å². The van der Waals surface area contributed by atoms with Crippen molar-refractivity contribution >= 4 is 43.6 Å². The Kier molecular flexibility index (Phi) is 3.91. The van der Waals surface area contributed by atoms with Crippen LogP contribution in [0.5, 0.6) is 0 Å². The lowest BCUT2D eigenvalue weighted by atomic mass is 10.1. The Labute approximate surface area is 147 Å². The molecule has 4 heterocycles. The van der Waals surface area contributed by atoms with E-state index in [1.165, 1.54) is 36.9 Å². The van der Waals surface area contributed by atoms with E-state index in [9.17, 15) is 9.59 Å². The summed E-state index contributed by atoms with van der Waals surface area (Å²) >= 11 is 1.30. The fourth-order valence-corrected chi connectivity index (χ4v) is 4.52. The molecule has 0 bridgehead atoms. The SMILES string of the molecule is Cc1cc(N2CCCCC2)nc2sc3c(=O)n(CC(=O)O)cnc3c12. The van der Waals surface area contributed by atoms with E-state index >= 15 is 0 Å². The number of thiophene rings is 1. The monoisotopic (exact) mass is 358 g/mol. The number of piperidine rings is 1. The predicted molar refractivity (Wildman–Crippen MR) is 97.6 cm³/mol. The zero-order valence-corrected chi connectivity index (χ0v) is 14.7. The molecule has 0 saturated carbocycles. The van der Waals surface area contributed by atoms with Crippen LogP contribution in [-0.4, -0.2) is 38.7 Å². The molecule has 1 N–H and O–H groups in total. The number of aryl methyl sites for hydroxylation is 1. The molecule has 7 nitrogen and oxygen atoms in total. The van der Waals surface area contributed by atoms with Crippen LogP contribution in [0.4, 0.5) is 5.82 Å². The average Bonchev–Trinajstić information content (AvgIpc) is 2.98. The van der Waals surface area contributed by atoms with Crippen LogP contribution in [0.15, 0.2) is 17.2 Å². The molecule has 0 radical (unpaired) electrons. The summed E-state index contributed by atoms with van der Waals surface area (Å²) in [5.74, 6) is -0.117. The van der Waals surface area contributed by atoms with Crippen molar-refractivity contribution < 1.29 is 9.90 Å². The van der Waals surface area contributed by atoms with E-state index in [4.69, 9.17) is 10.1 Å². The van der Waals surface area contributed by atoms with E-state index in [2.05, 4.69) is 16.0 Å². The number of carbonyl (C=O) groups is 1. The largest absolute Gasteiger partial charge is 0.480 e. The molecule has 0 atom stereocenters. The van der Waals surface area contributed by atoms with E-state index in [1.54, 1.807) is 0 Å². The van der Waals surface area contributed by atoms with E-state index in [-0.39, 0.29) is 12.1 Å². The Balaban J connectivity index is 1.89. The van der Waals surface area contributed by atoms with Crippen molar-refractivity contribution in [3.63, 3.8) is 0 Å². The molecule has 3 aromatic rings. The fraction of sp³-hybridized carbons (Fsp3) is 0.412. The highest BCUT2D eigenvalue weighted by molar-refractivity contribution is 7.25. The topological polar surface area (TPSA) is 88.3 Å². The molecule has 0 amide bonds. The number of nitrogens with zero attached hydrogens (tertiary/aromatic N) is 4. The van der Waals surface area contributed by atoms with Crippen molar-refractivity contribution in [1.29, 1.82) is 0 Å². The Bertz CT molecular complexity index is 1030. The summed E-state index contributed by atoms with van der Waals surface area (Å²) in [4.78, 5) is 35.6. The highest BCUT2D eigenvalue weighted by atomic mass is 32.1. The van der Waals surface area contributed by atoms with Crippen LogP contribution in [0.3, 0.4) is 0 Å². The summed E-state index contributed by atoms with van der Waals surface area (Å²) in [7, 11) is 0. The molecule has 130 valence electrons. The first-order valence-electron chi connectivity index (χ1n) is 8.30. The summed E-state index contributed by atoms with van der Waals surface area (Å²) < 4.78 is 1.59. The second-order valence-electron chi connectivity index (χ2n) is 6.38. The summed E-state index contributed by atoms with van der Waals surface area (Å²) in [6.45, 7) is 3.63. The van der Waals surface area contributed by atoms with Gasteiger partial charge in [0.2, 0.25) is 0 Å². The third-order valence-electron chi connectivity index (χ3n) is 4.59. The van der Waals surface area contributed by atoms with E-state index in [0.29, 0.717) is 10.2 Å². The van der Waals surface area contributed by atoms with Crippen LogP contribution in [0.2, 0.25) is 0 Å². The van der Waals surface area contributed by atoms with Crippen molar-refractivity contribution in [1.82, 2.24) is 14.5 Å². The zero-order chi connectivity index (χ0) is 17.6. The Morgan fingerprint density at radius 3 is 2.80 bits per heavy atom. The molecule has 1 aliphatic heterocycles. The number of hydrogen-bond donors (Lipinski definition) is 1. The van der Waals surface area contributed by atoms with Gasteiger partial charge in [-0.2, -0.15) is 0 Å². The number of aliphatic carboxylic acids is 1. The molecule has 1 fully saturated rings. The van der Waals surface area contributed by atoms with Gasteiger partial charge in [0.25, 0.3) is 5.56 Å². The maximum atomic E-state index is 12.6. The minimum atomic E-state index is -1.06. The number of carboxylic acids is 1. The second kappa shape index (κ2) is 6.11. The number of fused-ring (bicyclic) bond motifs is 3. The standard InChI is InChI=1S/C17H18N4O3S/c1-10-7-11(20-5-3-2-4-6-20)19-16-13(10)14-15(25-16)17(24)21(9-18-14)8-12(22)23/h7,9H,2-6,8H2,1H3,(H,22,23). The van der Waals surface area contributed by atoms with Crippen molar-refractivity contribution in [2.24, 2.45) is 0 Å². The van der Waals surface area contributed by atoms with Crippen molar-refractivity contribution in [2.75, 3.05) is 18.0 Å². The maximum absolute atomic E-state index is 12.6. The molecular formula is C17H18N4O3S. The van der Waals surface area contributed by atoms with E-state index in [1.807, 2.05) is 6.92 Å². The van der Waals surface area contributed by atoms with Crippen molar-refractivity contribution in [3.8, 4) is 0 Å². The molecule has 3 aromatic heterocycles. The first kappa shape index (κ1) is 16.0. The van der Waals surface area contributed by atoms with Gasteiger partial charge in [-0.25, -0.2) is 9.97 Å². The molecule has 1 aliphatic rings. The molecular weight excluding hydrogens is 340 g/mol. The fourth-order valence-electron chi connectivity index (χ4n) is 3.37. The van der Waals surface area contributed by atoms with Crippen LogP contribution >= 0.6 is 11.3 Å². The van der Waals surface area contributed by atoms with E-state index in [0.717, 1.165) is 39.3 Å². The second-order valence-corrected chi connectivity index (χ2v) is 7.38. The van der Waals surface area contributed by atoms with Crippen molar-refractivity contribution in [3.05, 3.63) is 28.3 Å². The molecule has 1 saturated heterocycles. The summed E-state index contributed by atoms with van der Waals surface area (Å²) in [5.41, 5.74) is 1.33. The number of hydrogen-bond acceptors (Lipinski definition) is 6. The first-order chi connectivity index (χ1) is 12.0.